The number of hydrogen-bond acceptors (Lipinski definition) is 3. The van der Waals surface area contributed by atoms with Gasteiger partial charge in [-0.1, -0.05) is 66.2 Å². The van der Waals surface area contributed by atoms with Crippen molar-refractivity contribution < 1.29 is 22.8 Å². The van der Waals surface area contributed by atoms with E-state index in [1.54, 1.807) is 42.5 Å². The molecule has 0 atom stereocenters. The van der Waals surface area contributed by atoms with E-state index in [1.165, 1.54) is 18.2 Å². The van der Waals surface area contributed by atoms with Crippen LogP contribution in [0.1, 0.15) is 31.8 Å². The van der Waals surface area contributed by atoms with Gasteiger partial charge >= 0.3 is 6.18 Å². The summed E-state index contributed by atoms with van der Waals surface area (Å²) in [6.07, 6.45) is -4.68. The third-order valence-corrected chi connectivity index (χ3v) is 5.24. The van der Waals surface area contributed by atoms with Crippen molar-refractivity contribution in [3.05, 3.63) is 100 Å². The zero-order valence-electron chi connectivity index (χ0n) is 14.8. The molecule has 0 saturated heterocycles. The lowest BCUT2D eigenvalue weighted by atomic mass is 9.84. The van der Waals surface area contributed by atoms with Crippen LogP contribution in [0.2, 0.25) is 5.02 Å². The molecule has 0 amide bonds. The molecule has 0 aliphatic heterocycles. The highest BCUT2D eigenvalue weighted by Crippen LogP contribution is 2.42. The van der Waals surface area contributed by atoms with Gasteiger partial charge in [-0.2, -0.15) is 13.2 Å². The van der Waals surface area contributed by atoms with Gasteiger partial charge in [-0.15, -0.1) is 0 Å². The second-order valence-electron chi connectivity index (χ2n) is 6.64. The molecule has 4 rings (SSSR count). The number of alkyl halides is 3. The van der Waals surface area contributed by atoms with E-state index in [1.807, 2.05) is 0 Å². The van der Waals surface area contributed by atoms with Crippen LogP contribution in [0.5, 0.6) is 0 Å². The number of Topliss-reactive ketones (excluding diaryl/α,β-unsaturated/α-hetero) is 2. The number of hydrogen-bond donors (Lipinski definition) is 1. The molecule has 0 bridgehead atoms. The first-order valence-electron chi connectivity index (χ1n) is 8.64. The monoisotopic (exact) mass is 415 g/mol. The number of halogens is 4. The van der Waals surface area contributed by atoms with Crippen LogP contribution < -0.4 is 5.32 Å². The lowest BCUT2D eigenvalue weighted by molar-refractivity contribution is -0.137. The topological polar surface area (TPSA) is 46.2 Å². The van der Waals surface area contributed by atoms with Gasteiger partial charge in [-0.3, -0.25) is 9.59 Å². The van der Waals surface area contributed by atoms with Crippen LogP contribution in [0.3, 0.4) is 0 Å². The van der Waals surface area contributed by atoms with Gasteiger partial charge in [0.15, 0.2) is 5.54 Å². The molecular formula is C22H13ClF3NO2. The van der Waals surface area contributed by atoms with Crippen LogP contribution in [0.25, 0.3) is 0 Å². The van der Waals surface area contributed by atoms with E-state index in [0.29, 0.717) is 5.56 Å². The van der Waals surface area contributed by atoms with Gasteiger partial charge in [0.05, 0.1) is 10.6 Å². The van der Waals surface area contributed by atoms with Gasteiger partial charge in [0.25, 0.3) is 0 Å². The molecule has 1 aliphatic rings. The van der Waals surface area contributed by atoms with Gasteiger partial charge in [-0.05, 0) is 23.8 Å². The number of carbonyl (C=O) groups is 2. The van der Waals surface area contributed by atoms with Crippen LogP contribution >= 0.6 is 11.6 Å². The van der Waals surface area contributed by atoms with Gasteiger partial charge in [0.2, 0.25) is 11.6 Å². The lowest BCUT2D eigenvalue weighted by Crippen LogP contribution is -2.46. The van der Waals surface area contributed by atoms with Crippen molar-refractivity contribution in [1.29, 1.82) is 0 Å². The molecule has 3 aromatic rings. The Kier molecular flexibility index (Phi) is 4.46. The largest absolute Gasteiger partial charge is 0.417 e. The minimum Gasteiger partial charge on any atom is -0.363 e. The van der Waals surface area contributed by atoms with E-state index in [9.17, 15) is 22.8 Å². The first kappa shape index (κ1) is 19.2. The second-order valence-corrected chi connectivity index (χ2v) is 7.04. The molecule has 3 nitrogen and oxygen atoms in total. The number of nitrogens with one attached hydrogen (secondary N) is 1. The fraction of sp³-hybridized carbons (Fsp3) is 0.0909. The normalized spacial score (nSPS) is 15.3. The minimum absolute atomic E-state index is 0.0416. The molecular weight excluding hydrogens is 403 g/mol. The summed E-state index contributed by atoms with van der Waals surface area (Å²) in [6, 6.07) is 17.8. The maximum absolute atomic E-state index is 13.4. The molecule has 0 fully saturated rings. The smallest absolute Gasteiger partial charge is 0.363 e. The summed E-state index contributed by atoms with van der Waals surface area (Å²) in [5.41, 5.74) is -2.17. The highest BCUT2D eigenvalue weighted by molar-refractivity contribution is 6.34. The first-order valence-corrected chi connectivity index (χ1v) is 9.02. The number of ketones is 2. The standard InChI is InChI=1S/C22H13ClF3NO2/c23-18-11-10-14(12-17(18)22(24,25)26)27-21(13-6-2-1-3-7-13)19(28)15-8-4-5-9-16(15)20(21)29/h1-12,27H. The van der Waals surface area contributed by atoms with E-state index in [2.05, 4.69) is 5.32 Å². The van der Waals surface area contributed by atoms with Crippen LogP contribution in [0.4, 0.5) is 18.9 Å². The van der Waals surface area contributed by atoms with Crippen molar-refractivity contribution in [2.45, 2.75) is 11.7 Å². The molecule has 146 valence electrons. The summed E-state index contributed by atoms with van der Waals surface area (Å²) in [7, 11) is 0. The van der Waals surface area contributed by atoms with E-state index in [4.69, 9.17) is 11.6 Å². The quantitative estimate of drug-likeness (QED) is 0.554. The van der Waals surface area contributed by atoms with Crippen molar-refractivity contribution in [2.24, 2.45) is 0 Å². The van der Waals surface area contributed by atoms with Crippen LogP contribution in [-0.4, -0.2) is 11.6 Å². The fourth-order valence-corrected chi connectivity index (χ4v) is 3.78. The summed E-state index contributed by atoms with van der Waals surface area (Å²) in [5, 5.41) is 2.33. The van der Waals surface area contributed by atoms with Gasteiger partial charge in [-0.25, -0.2) is 0 Å². The van der Waals surface area contributed by atoms with Crippen LogP contribution in [0.15, 0.2) is 72.8 Å². The molecule has 7 heteroatoms. The predicted molar refractivity (Wildman–Crippen MR) is 103 cm³/mol. The average Bonchev–Trinajstić information content (AvgIpc) is 2.92. The molecule has 0 aromatic heterocycles. The summed E-state index contributed by atoms with van der Waals surface area (Å²) < 4.78 is 39.8. The Morgan fingerprint density at radius 1 is 0.793 bits per heavy atom. The minimum atomic E-state index is -4.68. The Labute approximate surface area is 169 Å². The summed E-state index contributed by atoms with van der Waals surface area (Å²) in [6.45, 7) is 0. The summed E-state index contributed by atoms with van der Waals surface area (Å²) in [4.78, 5) is 26.7. The van der Waals surface area contributed by atoms with Gasteiger partial charge in [0.1, 0.15) is 0 Å². The van der Waals surface area contributed by atoms with E-state index >= 15 is 0 Å². The highest BCUT2D eigenvalue weighted by Gasteiger charge is 2.54. The van der Waals surface area contributed by atoms with Gasteiger partial charge < -0.3 is 5.32 Å². The summed E-state index contributed by atoms with van der Waals surface area (Å²) in [5.74, 6) is -1.04. The maximum atomic E-state index is 13.4. The molecule has 3 aromatic carbocycles. The molecule has 0 radical (unpaired) electrons. The Morgan fingerprint density at radius 2 is 1.34 bits per heavy atom. The average molecular weight is 416 g/mol. The number of carbonyl (C=O) groups excluding carboxylic acids is 2. The Hall–Kier alpha value is -3.12. The Bertz CT molecular complexity index is 1090. The predicted octanol–water partition coefficient (Wildman–Crippen LogP) is 5.75. The van der Waals surface area contributed by atoms with E-state index in [0.717, 1.165) is 12.1 Å². The Balaban J connectivity index is 1.90. The van der Waals surface area contributed by atoms with E-state index < -0.39 is 33.9 Å². The Morgan fingerprint density at radius 3 is 1.90 bits per heavy atom. The number of fused-ring (bicyclic) bond motifs is 1. The van der Waals surface area contributed by atoms with Crippen molar-refractivity contribution >= 4 is 28.9 Å². The van der Waals surface area contributed by atoms with Crippen molar-refractivity contribution in [3.8, 4) is 0 Å². The third kappa shape index (κ3) is 3.00. The molecule has 0 heterocycles. The number of benzene rings is 3. The van der Waals surface area contributed by atoms with Crippen LogP contribution in [-0.2, 0) is 11.7 Å². The number of rotatable bonds is 3. The molecule has 29 heavy (non-hydrogen) atoms. The molecule has 0 saturated carbocycles. The molecule has 1 aliphatic carbocycles. The second kappa shape index (κ2) is 6.74. The van der Waals surface area contributed by atoms with E-state index in [-0.39, 0.29) is 16.8 Å². The van der Waals surface area contributed by atoms with Crippen LogP contribution in [0, 0.1) is 0 Å². The molecule has 0 spiro atoms. The van der Waals surface area contributed by atoms with Crippen molar-refractivity contribution in [2.75, 3.05) is 5.32 Å². The first-order chi connectivity index (χ1) is 13.7. The third-order valence-electron chi connectivity index (χ3n) is 4.91. The van der Waals surface area contributed by atoms with Gasteiger partial charge in [0, 0.05) is 16.8 Å². The number of anilines is 1. The maximum Gasteiger partial charge on any atom is 0.417 e. The van der Waals surface area contributed by atoms with Crippen molar-refractivity contribution in [1.82, 2.24) is 0 Å². The highest BCUT2D eigenvalue weighted by atomic mass is 35.5. The molecule has 0 unspecified atom stereocenters. The fourth-order valence-electron chi connectivity index (χ4n) is 3.56. The summed E-state index contributed by atoms with van der Waals surface area (Å²) >= 11 is 5.70. The lowest BCUT2D eigenvalue weighted by Gasteiger charge is -2.29. The molecule has 1 N–H and O–H groups in total. The zero-order valence-corrected chi connectivity index (χ0v) is 15.5. The zero-order chi connectivity index (χ0) is 20.8. The SMILES string of the molecule is O=C1c2ccccc2C(=O)C1(Nc1ccc(Cl)c(C(F)(F)F)c1)c1ccccc1. The van der Waals surface area contributed by atoms with Crippen molar-refractivity contribution in [3.63, 3.8) is 0 Å².